The van der Waals surface area contributed by atoms with Crippen LogP contribution in [-0.4, -0.2) is 0 Å². The second kappa shape index (κ2) is 16.6. The summed E-state index contributed by atoms with van der Waals surface area (Å²) in [5.74, 6) is 0. The summed E-state index contributed by atoms with van der Waals surface area (Å²) < 4.78 is 2.36. The lowest BCUT2D eigenvalue weighted by molar-refractivity contribution is -0.697. The van der Waals surface area contributed by atoms with E-state index in [-0.39, 0.29) is 0 Å². The van der Waals surface area contributed by atoms with Crippen LogP contribution in [-0.2, 0) is 13.0 Å². The Balaban J connectivity index is 2.00. The minimum absolute atomic E-state index is 1.19. The third-order valence-corrected chi connectivity index (χ3v) is 5.30. The zero-order valence-electron chi connectivity index (χ0n) is 17.3. The quantitative estimate of drug-likeness (QED) is 0.204. The minimum Gasteiger partial charge on any atom is -0.205 e. The monoisotopic (exact) mass is 346 g/mol. The van der Waals surface area contributed by atoms with E-state index >= 15 is 0 Å². The van der Waals surface area contributed by atoms with Gasteiger partial charge in [0, 0.05) is 18.6 Å². The van der Waals surface area contributed by atoms with E-state index in [1.807, 2.05) is 0 Å². The Hall–Kier alpha value is -0.850. The molecule has 1 heterocycles. The number of aromatic nitrogens is 1. The van der Waals surface area contributed by atoms with E-state index in [0.717, 1.165) is 0 Å². The van der Waals surface area contributed by atoms with Gasteiger partial charge in [-0.2, -0.15) is 0 Å². The summed E-state index contributed by atoms with van der Waals surface area (Å²) in [5, 5.41) is 0. The van der Waals surface area contributed by atoms with Crippen molar-refractivity contribution in [1.82, 2.24) is 0 Å². The Bertz CT molecular complexity index is 382. The maximum Gasteiger partial charge on any atom is 0.169 e. The molecule has 0 aliphatic rings. The highest BCUT2D eigenvalue weighted by Crippen LogP contribution is 2.11. The Kier molecular flexibility index (Phi) is 14.7. The Labute approximate surface area is 158 Å². The molecule has 0 spiro atoms. The predicted molar refractivity (Wildman–Crippen MR) is 111 cm³/mol. The molecular weight excluding hydrogens is 302 g/mol. The van der Waals surface area contributed by atoms with Gasteiger partial charge in [-0.05, 0) is 24.8 Å². The van der Waals surface area contributed by atoms with Crippen LogP contribution in [0.4, 0.5) is 0 Å². The molecular formula is C24H44N+. The number of pyridine rings is 1. The molecule has 0 radical (unpaired) electrons. The predicted octanol–water partition coefficient (Wildman–Crippen LogP) is 7.41. The van der Waals surface area contributed by atoms with Crippen LogP contribution in [0.2, 0.25) is 0 Å². The molecule has 0 amide bonds. The normalized spacial score (nSPS) is 11.1. The fraction of sp³-hybridized carbons (Fsp3) is 0.792. The van der Waals surface area contributed by atoms with Gasteiger partial charge in [0.1, 0.15) is 6.54 Å². The van der Waals surface area contributed by atoms with Crippen molar-refractivity contribution in [2.24, 2.45) is 0 Å². The first-order valence-corrected chi connectivity index (χ1v) is 11.3. The first kappa shape index (κ1) is 22.2. The van der Waals surface area contributed by atoms with Gasteiger partial charge in [0.05, 0.1) is 0 Å². The molecule has 0 unspecified atom stereocenters. The average molecular weight is 347 g/mol. The van der Waals surface area contributed by atoms with Gasteiger partial charge < -0.3 is 0 Å². The molecule has 0 fully saturated rings. The van der Waals surface area contributed by atoms with E-state index in [4.69, 9.17) is 0 Å². The highest BCUT2D eigenvalue weighted by atomic mass is 14.9. The number of hydrogen-bond acceptors (Lipinski definition) is 0. The first-order chi connectivity index (χ1) is 12.4. The van der Waals surface area contributed by atoms with E-state index in [9.17, 15) is 0 Å². The fourth-order valence-corrected chi connectivity index (χ4v) is 3.52. The van der Waals surface area contributed by atoms with Crippen LogP contribution in [0.25, 0.3) is 0 Å². The Morgan fingerprint density at radius 1 is 0.560 bits per heavy atom. The lowest BCUT2D eigenvalue weighted by Crippen LogP contribution is -2.32. The molecule has 0 aliphatic carbocycles. The van der Waals surface area contributed by atoms with E-state index in [2.05, 4.69) is 42.9 Å². The van der Waals surface area contributed by atoms with Crippen LogP contribution in [0, 0.1) is 0 Å². The molecule has 0 bridgehead atoms. The summed E-state index contributed by atoms with van der Waals surface area (Å²) in [4.78, 5) is 0. The van der Waals surface area contributed by atoms with Crippen molar-refractivity contribution in [3.05, 3.63) is 30.1 Å². The lowest BCUT2D eigenvalue weighted by atomic mass is 10.0. The number of unbranched alkanes of at least 4 members (excludes halogenated alkanes) is 13. The van der Waals surface area contributed by atoms with Crippen molar-refractivity contribution in [2.75, 3.05) is 0 Å². The summed E-state index contributed by atoms with van der Waals surface area (Å²) in [6.45, 7) is 5.76. The molecule has 1 nitrogen and oxygen atoms in total. The molecule has 144 valence electrons. The summed E-state index contributed by atoms with van der Waals surface area (Å²) in [5.41, 5.74) is 1.52. The topological polar surface area (TPSA) is 3.88 Å². The average Bonchev–Trinajstić information content (AvgIpc) is 2.64. The van der Waals surface area contributed by atoms with E-state index in [1.165, 1.54) is 115 Å². The molecule has 1 aromatic rings. The summed E-state index contributed by atoms with van der Waals surface area (Å²) in [7, 11) is 0. The summed E-state index contributed by atoms with van der Waals surface area (Å²) in [6.07, 6.45) is 26.9. The molecule has 0 atom stereocenters. The Morgan fingerprint density at radius 2 is 1.00 bits per heavy atom. The molecule has 1 heteroatoms. The highest BCUT2D eigenvalue weighted by Gasteiger charge is 2.01. The molecule has 0 saturated carbocycles. The van der Waals surface area contributed by atoms with Crippen LogP contribution in [0.5, 0.6) is 0 Å². The first-order valence-electron chi connectivity index (χ1n) is 11.3. The molecule has 0 N–H and O–H groups in total. The molecule has 0 saturated heterocycles. The van der Waals surface area contributed by atoms with Gasteiger partial charge in [0.15, 0.2) is 12.4 Å². The van der Waals surface area contributed by atoms with Crippen molar-refractivity contribution in [2.45, 2.75) is 123 Å². The second-order valence-electron chi connectivity index (χ2n) is 7.79. The molecule has 25 heavy (non-hydrogen) atoms. The maximum absolute atomic E-state index is 2.36. The molecule has 1 aromatic heterocycles. The SMILES string of the molecule is CCCCCCCCCCc1cc[n+](CCCCCCCCC)cc1. The third-order valence-electron chi connectivity index (χ3n) is 5.30. The zero-order valence-corrected chi connectivity index (χ0v) is 17.3. The summed E-state index contributed by atoms with van der Waals surface area (Å²) in [6, 6.07) is 4.67. The number of rotatable bonds is 17. The van der Waals surface area contributed by atoms with Crippen molar-refractivity contribution in [3.63, 3.8) is 0 Å². The van der Waals surface area contributed by atoms with E-state index in [0.29, 0.717) is 0 Å². The van der Waals surface area contributed by atoms with Crippen molar-refractivity contribution < 1.29 is 4.57 Å². The van der Waals surface area contributed by atoms with Crippen LogP contribution in [0.3, 0.4) is 0 Å². The Morgan fingerprint density at radius 3 is 1.52 bits per heavy atom. The zero-order chi connectivity index (χ0) is 18.0. The van der Waals surface area contributed by atoms with Crippen LogP contribution < -0.4 is 4.57 Å². The maximum atomic E-state index is 2.36. The van der Waals surface area contributed by atoms with E-state index in [1.54, 1.807) is 0 Å². The number of nitrogens with zero attached hydrogens (tertiary/aromatic N) is 1. The van der Waals surface area contributed by atoms with Gasteiger partial charge in [0.2, 0.25) is 0 Å². The lowest BCUT2D eigenvalue weighted by Gasteiger charge is -2.03. The van der Waals surface area contributed by atoms with Crippen LogP contribution >= 0.6 is 0 Å². The highest BCUT2D eigenvalue weighted by molar-refractivity contribution is 5.07. The fourth-order valence-electron chi connectivity index (χ4n) is 3.52. The van der Waals surface area contributed by atoms with Gasteiger partial charge in [-0.15, -0.1) is 0 Å². The van der Waals surface area contributed by atoms with Gasteiger partial charge in [-0.1, -0.05) is 90.9 Å². The largest absolute Gasteiger partial charge is 0.205 e. The molecule has 0 aromatic carbocycles. The van der Waals surface area contributed by atoms with Gasteiger partial charge in [0.25, 0.3) is 0 Å². The standard InChI is InChI=1S/C24H44N/c1-3-5-7-9-11-12-14-16-18-24-19-22-25(23-20-24)21-17-15-13-10-8-6-4-2/h19-20,22-23H,3-18,21H2,1-2H3/q+1. The number of aryl methyl sites for hydroxylation is 2. The van der Waals surface area contributed by atoms with Gasteiger partial charge in [-0.3, -0.25) is 0 Å². The van der Waals surface area contributed by atoms with E-state index < -0.39 is 0 Å². The third kappa shape index (κ3) is 13.1. The smallest absolute Gasteiger partial charge is 0.169 e. The van der Waals surface area contributed by atoms with Crippen molar-refractivity contribution in [1.29, 1.82) is 0 Å². The van der Waals surface area contributed by atoms with Crippen molar-refractivity contribution in [3.8, 4) is 0 Å². The van der Waals surface area contributed by atoms with Crippen LogP contribution in [0.15, 0.2) is 24.5 Å². The van der Waals surface area contributed by atoms with Gasteiger partial charge in [-0.25, -0.2) is 4.57 Å². The van der Waals surface area contributed by atoms with Crippen LogP contribution in [0.1, 0.15) is 116 Å². The van der Waals surface area contributed by atoms with Crippen molar-refractivity contribution >= 4 is 0 Å². The molecule has 0 aliphatic heterocycles. The second-order valence-corrected chi connectivity index (χ2v) is 7.79. The van der Waals surface area contributed by atoms with Gasteiger partial charge >= 0.3 is 0 Å². The summed E-state index contributed by atoms with van der Waals surface area (Å²) >= 11 is 0. The minimum atomic E-state index is 1.19. The molecule has 1 rings (SSSR count). The number of hydrogen-bond donors (Lipinski definition) is 0.